The topological polar surface area (TPSA) is 0 Å². The van der Waals surface area contributed by atoms with Crippen LogP contribution >= 0.6 is 31.4 Å². The maximum Gasteiger partial charge on any atom is 0.0531 e. The third-order valence-corrected chi connectivity index (χ3v) is 14.4. The zero-order chi connectivity index (χ0) is 16.7. The molecule has 0 spiro atoms. The van der Waals surface area contributed by atoms with Crippen molar-refractivity contribution < 1.29 is 0 Å². The monoisotopic (exact) mass is 366 g/mol. The van der Waals surface area contributed by atoms with Gasteiger partial charge in [-0.05, 0) is 71.0 Å². The van der Waals surface area contributed by atoms with Gasteiger partial charge in [0, 0.05) is 0 Å². The molecule has 0 N–H and O–H groups in total. The van der Waals surface area contributed by atoms with Crippen LogP contribution in [-0.2, 0) is 0 Å². The van der Waals surface area contributed by atoms with Crippen molar-refractivity contribution in [3.63, 3.8) is 0 Å². The van der Waals surface area contributed by atoms with E-state index in [1.165, 1.54) is 49.7 Å². The van der Waals surface area contributed by atoms with Gasteiger partial charge in [-0.3, -0.25) is 0 Å². The van der Waals surface area contributed by atoms with Crippen molar-refractivity contribution >= 4 is 31.4 Å². The molecule has 4 aliphatic carbocycles. The van der Waals surface area contributed by atoms with Gasteiger partial charge in [-0.25, -0.2) is 0 Å². The van der Waals surface area contributed by atoms with E-state index in [1.807, 2.05) is 0 Å². The van der Waals surface area contributed by atoms with E-state index in [0.29, 0.717) is 20.3 Å². The lowest BCUT2D eigenvalue weighted by atomic mass is 9.81. The van der Waals surface area contributed by atoms with Gasteiger partial charge in [0.15, 0.2) is 0 Å². The van der Waals surface area contributed by atoms with Crippen LogP contribution in [0.15, 0.2) is 24.3 Å². The van der Waals surface area contributed by atoms with E-state index in [4.69, 9.17) is 0 Å². The summed E-state index contributed by atoms with van der Waals surface area (Å²) < 4.78 is 0.627. The second-order valence-corrected chi connectivity index (χ2v) is 13.9. The fraction of sp³-hybridized carbons (Fsp3) is 0.800. The first kappa shape index (κ1) is 17.0. The average Bonchev–Trinajstić information content (AvgIpc) is 3.00. The van der Waals surface area contributed by atoms with Gasteiger partial charge in [0.2, 0.25) is 0 Å². The van der Waals surface area contributed by atoms with Crippen LogP contribution in [0.4, 0.5) is 0 Å². The van der Waals surface area contributed by atoms with Crippen molar-refractivity contribution in [1.82, 2.24) is 0 Å². The van der Waals surface area contributed by atoms with Gasteiger partial charge in [-0.2, -0.15) is 0 Å². The molecule has 0 radical (unpaired) electrons. The van der Waals surface area contributed by atoms with Crippen molar-refractivity contribution in [2.75, 3.05) is 0 Å². The average molecular weight is 367 g/mol. The maximum atomic E-state index is 4.48. The Morgan fingerprint density at radius 3 is 1.43 bits per heavy atom. The van der Waals surface area contributed by atoms with Gasteiger partial charge < -0.3 is 0 Å². The summed E-state index contributed by atoms with van der Waals surface area (Å²) in [5.74, 6) is 1.72. The second kappa shape index (κ2) is 5.04. The summed E-state index contributed by atoms with van der Waals surface area (Å²) in [6, 6.07) is 0. The Balaban J connectivity index is 1.51. The van der Waals surface area contributed by atoms with E-state index >= 15 is 0 Å². The van der Waals surface area contributed by atoms with Crippen molar-refractivity contribution in [2.45, 2.75) is 75.7 Å². The van der Waals surface area contributed by atoms with Crippen LogP contribution in [-0.4, -0.2) is 9.49 Å². The van der Waals surface area contributed by atoms with E-state index in [0.717, 1.165) is 11.8 Å². The predicted molar refractivity (Wildman–Crippen MR) is 109 cm³/mol. The van der Waals surface area contributed by atoms with Gasteiger partial charge in [-0.1, -0.05) is 73.6 Å². The number of hydrogen-bond acceptors (Lipinski definition) is 3. The number of hydrogen-bond donors (Lipinski definition) is 0. The summed E-state index contributed by atoms with van der Waals surface area (Å²) >= 11 is 0. The molecule has 128 valence electrons. The molecule has 0 aliphatic heterocycles. The van der Waals surface area contributed by atoms with Crippen LogP contribution in [0.3, 0.4) is 0 Å². The Morgan fingerprint density at radius 2 is 1.17 bits per heavy atom. The van der Waals surface area contributed by atoms with Crippen LogP contribution in [0.2, 0.25) is 0 Å². The van der Waals surface area contributed by atoms with Crippen LogP contribution in [0.1, 0.15) is 66.2 Å². The normalized spacial score (nSPS) is 46.1. The molecule has 4 fully saturated rings. The first-order chi connectivity index (χ1) is 10.7. The van der Waals surface area contributed by atoms with Crippen molar-refractivity contribution in [3.05, 3.63) is 24.3 Å². The van der Waals surface area contributed by atoms with E-state index in [1.54, 1.807) is 0 Å². The van der Waals surface area contributed by atoms with Crippen LogP contribution in [0.5, 0.6) is 0 Å². The summed E-state index contributed by atoms with van der Waals surface area (Å²) in [6.45, 7) is 18.9. The number of rotatable bonds is 4. The fourth-order valence-electron chi connectivity index (χ4n) is 6.23. The molecule has 0 amide bonds. The molecule has 0 aromatic carbocycles. The molecule has 4 atom stereocenters. The summed E-state index contributed by atoms with van der Waals surface area (Å²) in [5, 5.41) is 0. The van der Waals surface area contributed by atoms with Crippen LogP contribution in [0, 0.1) is 22.7 Å². The molecule has 0 saturated heterocycles. The fourth-order valence-corrected chi connectivity index (χ4v) is 13.8. The molecule has 0 aromatic heterocycles. The predicted octanol–water partition coefficient (Wildman–Crippen LogP) is 7.29. The molecule has 4 bridgehead atoms. The summed E-state index contributed by atoms with van der Waals surface area (Å²) in [7, 11) is 6.37. The minimum Gasteiger partial charge on any atom is -0.0984 e. The van der Waals surface area contributed by atoms with Gasteiger partial charge in [-0.15, -0.1) is 0 Å². The third kappa shape index (κ3) is 1.91. The quantitative estimate of drug-likeness (QED) is 0.379. The highest BCUT2D eigenvalue weighted by Crippen LogP contribution is 2.75. The van der Waals surface area contributed by atoms with Crippen LogP contribution in [0.25, 0.3) is 0 Å². The Hall–Kier alpha value is 0.530. The van der Waals surface area contributed by atoms with Gasteiger partial charge in [0.05, 0.1) is 9.49 Å². The largest absolute Gasteiger partial charge is 0.0984 e. The number of fused-ring (bicyclic) bond motifs is 4. The molecule has 4 saturated carbocycles. The molecule has 0 aromatic rings. The Morgan fingerprint density at radius 1 is 0.783 bits per heavy atom. The highest BCUT2D eigenvalue weighted by molar-refractivity contribution is 9.09. The van der Waals surface area contributed by atoms with E-state index in [-0.39, 0.29) is 0 Å². The first-order valence-corrected chi connectivity index (χ1v) is 12.6. The van der Waals surface area contributed by atoms with Gasteiger partial charge in [0.25, 0.3) is 0 Å². The summed E-state index contributed by atoms with van der Waals surface area (Å²) in [5.41, 5.74) is 3.87. The molecule has 0 heterocycles. The van der Waals surface area contributed by atoms with Gasteiger partial charge in [0.1, 0.15) is 0 Å². The lowest BCUT2D eigenvalue weighted by Gasteiger charge is -2.41. The molecule has 0 nitrogen and oxygen atoms in total. The minimum absolute atomic E-state index is 0.314. The smallest absolute Gasteiger partial charge is 0.0531 e. The zero-order valence-corrected chi connectivity index (χ0v) is 17.5. The van der Waals surface area contributed by atoms with Crippen LogP contribution < -0.4 is 0 Å². The van der Waals surface area contributed by atoms with E-state index in [2.05, 4.69) is 72.3 Å². The molecule has 4 rings (SSSR count). The highest BCUT2D eigenvalue weighted by Gasteiger charge is 2.64. The lowest BCUT2D eigenvalue weighted by molar-refractivity contribution is 0.286. The van der Waals surface area contributed by atoms with Crippen molar-refractivity contribution in [2.24, 2.45) is 22.7 Å². The van der Waals surface area contributed by atoms with Gasteiger partial charge >= 0.3 is 0 Å². The standard InChI is InChI=1S/C20H30S3/c1-13-11-15-7-9-19(13,17(15,3)4)21-23-22-20-10-8-16(12-14(20)2)18(20,5)6/h15-16H,1-2,7-12H2,3-6H3/t15-,16-,19+,20+/m0/s1. The second-order valence-electron chi connectivity index (χ2n) is 9.42. The summed E-state index contributed by atoms with van der Waals surface area (Å²) in [6.07, 6.45) is 7.99. The summed E-state index contributed by atoms with van der Waals surface area (Å²) in [4.78, 5) is 0. The zero-order valence-electron chi connectivity index (χ0n) is 15.0. The molecule has 3 heteroatoms. The third-order valence-electron chi connectivity index (χ3n) is 8.29. The van der Waals surface area contributed by atoms with E-state index < -0.39 is 0 Å². The minimum atomic E-state index is 0.314. The first-order valence-electron chi connectivity index (χ1n) is 9.07. The molecule has 23 heavy (non-hydrogen) atoms. The Bertz CT molecular complexity index is 525. The SMILES string of the molecule is C=C1C[C@@H]2CC[C@]1(SSS[C@]13CC[C@@H](CC1=C)C3(C)C)C2(C)C. The molecular formula is C20H30S3. The van der Waals surface area contributed by atoms with Crippen molar-refractivity contribution in [3.8, 4) is 0 Å². The van der Waals surface area contributed by atoms with Crippen molar-refractivity contribution in [1.29, 1.82) is 0 Å². The lowest BCUT2D eigenvalue weighted by Crippen LogP contribution is -2.35. The molecule has 0 unspecified atom stereocenters. The molecular weight excluding hydrogens is 336 g/mol. The highest BCUT2D eigenvalue weighted by atomic mass is 33.5. The maximum absolute atomic E-state index is 4.48. The Labute approximate surface area is 153 Å². The Kier molecular flexibility index (Phi) is 3.72. The van der Waals surface area contributed by atoms with E-state index in [9.17, 15) is 0 Å². The molecule has 4 aliphatic rings.